The van der Waals surface area contributed by atoms with Crippen molar-refractivity contribution < 1.29 is 4.79 Å². The third-order valence-electron chi connectivity index (χ3n) is 5.34. The number of pyridine rings is 1. The minimum absolute atomic E-state index is 0.415. The van der Waals surface area contributed by atoms with Crippen molar-refractivity contribution in [2.75, 3.05) is 39.1 Å². The van der Waals surface area contributed by atoms with Crippen molar-refractivity contribution in [2.45, 2.75) is 6.42 Å². The highest BCUT2D eigenvalue weighted by Gasteiger charge is 2.25. The molecular formula is C23H25N5O. The van der Waals surface area contributed by atoms with Crippen LogP contribution < -0.4 is 10.6 Å². The molecule has 0 atom stereocenters. The zero-order valence-corrected chi connectivity index (χ0v) is 17.0. The molecule has 0 unspecified atom stereocenters. The average molecular weight is 387 g/mol. The van der Waals surface area contributed by atoms with Crippen LogP contribution in [0, 0.1) is 0 Å². The Bertz CT molecular complexity index is 1120. The molecule has 0 radical (unpaired) electrons. The van der Waals surface area contributed by atoms with Gasteiger partial charge in [0, 0.05) is 55.5 Å². The number of nitrogens with two attached hydrogens (primary N) is 1. The van der Waals surface area contributed by atoms with E-state index in [4.69, 9.17) is 5.73 Å². The number of primary amides is 1. The first-order chi connectivity index (χ1) is 14.0. The first-order valence-electron chi connectivity index (χ1n) is 9.69. The highest BCUT2D eigenvalue weighted by Crippen LogP contribution is 2.43. The number of hydrogen-bond donors (Lipinski definition) is 1. The van der Waals surface area contributed by atoms with Gasteiger partial charge in [0.05, 0.1) is 22.5 Å². The van der Waals surface area contributed by atoms with Gasteiger partial charge in [0.1, 0.15) is 0 Å². The molecule has 0 saturated heterocycles. The zero-order chi connectivity index (χ0) is 20.5. The summed E-state index contributed by atoms with van der Waals surface area (Å²) in [7, 11) is 6.06. The largest absolute Gasteiger partial charge is 0.373 e. The van der Waals surface area contributed by atoms with Gasteiger partial charge in [0.15, 0.2) is 0 Å². The predicted octanol–water partition coefficient (Wildman–Crippen LogP) is 3.26. The van der Waals surface area contributed by atoms with Gasteiger partial charge in [-0.2, -0.15) is 0 Å². The molecule has 2 heterocycles. The maximum absolute atomic E-state index is 12.4. The monoisotopic (exact) mass is 387 g/mol. The normalized spacial score (nSPS) is 12.6. The van der Waals surface area contributed by atoms with Crippen LogP contribution in [0.4, 0.5) is 11.4 Å². The smallest absolute Gasteiger partial charge is 0.251 e. The van der Waals surface area contributed by atoms with Crippen molar-refractivity contribution in [3.05, 3.63) is 53.7 Å². The van der Waals surface area contributed by atoms with E-state index in [0.29, 0.717) is 12.0 Å². The number of likely N-dealkylation sites (N-methyl/N-ethyl adjacent to an activating group) is 2. The fraction of sp³-hybridized carbons (Fsp3) is 0.261. The zero-order valence-electron chi connectivity index (χ0n) is 17.0. The lowest BCUT2D eigenvalue weighted by Gasteiger charge is -2.26. The summed E-state index contributed by atoms with van der Waals surface area (Å²) in [4.78, 5) is 25.8. The third kappa shape index (κ3) is 3.59. The summed E-state index contributed by atoms with van der Waals surface area (Å²) in [5.74, 6) is -0.415. The molecule has 148 valence electrons. The van der Waals surface area contributed by atoms with Gasteiger partial charge in [0.25, 0.3) is 5.91 Å². The van der Waals surface area contributed by atoms with Gasteiger partial charge in [0.2, 0.25) is 0 Å². The second kappa shape index (κ2) is 7.64. The molecule has 0 fully saturated rings. The van der Waals surface area contributed by atoms with E-state index in [9.17, 15) is 4.79 Å². The van der Waals surface area contributed by atoms with Crippen LogP contribution in [0.2, 0.25) is 0 Å². The number of carbonyl (C=O) groups is 1. The van der Waals surface area contributed by atoms with Gasteiger partial charge in [-0.15, -0.1) is 0 Å². The number of fused-ring (bicyclic) bond motifs is 2. The molecule has 2 N–H and O–H groups in total. The Hall–Kier alpha value is -3.25. The van der Waals surface area contributed by atoms with Crippen LogP contribution in [0.3, 0.4) is 0 Å². The maximum atomic E-state index is 12.4. The van der Waals surface area contributed by atoms with Crippen molar-refractivity contribution in [3.63, 3.8) is 0 Å². The molecule has 4 rings (SSSR count). The molecule has 0 saturated carbocycles. The van der Waals surface area contributed by atoms with Crippen LogP contribution >= 0.6 is 0 Å². The number of aromatic nitrogens is 1. The quantitative estimate of drug-likeness (QED) is 0.704. The van der Waals surface area contributed by atoms with Crippen LogP contribution in [0.5, 0.6) is 0 Å². The van der Waals surface area contributed by atoms with Gasteiger partial charge in [-0.1, -0.05) is 18.2 Å². The minimum Gasteiger partial charge on any atom is -0.373 e. The number of rotatable bonds is 6. The van der Waals surface area contributed by atoms with E-state index >= 15 is 0 Å². The van der Waals surface area contributed by atoms with E-state index in [-0.39, 0.29) is 0 Å². The van der Waals surface area contributed by atoms with E-state index < -0.39 is 5.91 Å². The highest BCUT2D eigenvalue weighted by molar-refractivity contribution is 6.06. The van der Waals surface area contributed by atoms with Crippen LogP contribution in [-0.2, 0) is 6.42 Å². The molecule has 3 aromatic rings. The van der Waals surface area contributed by atoms with E-state index in [0.717, 1.165) is 52.1 Å². The first kappa shape index (κ1) is 19.1. The number of para-hydroxylation sites is 1. The molecule has 6 nitrogen and oxygen atoms in total. The standard InChI is InChI=1S/C23H25N5O/c1-27(2)10-11-28(3)20-13-18(22-17(8-9-25-22)21(20)23(24)29)16-12-15-6-4-5-7-19(15)26-14-16/h4-7,9,12-14H,8,10-11H2,1-3H3,(H2,24,29). The summed E-state index contributed by atoms with van der Waals surface area (Å²) in [6, 6.07) is 12.2. The summed E-state index contributed by atoms with van der Waals surface area (Å²) in [5, 5.41) is 1.07. The SMILES string of the molecule is CN(C)CCN(C)c1cc(-c2cnc3ccccc3c2)c2c(c1C(N)=O)CC=N2. The van der Waals surface area contributed by atoms with Crippen LogP contribution in [0.1, 0.15) is 15.9 Å². The topological polar surface area (TPSA) is 74.8 Å². The van der Waals surface area contributed by atoms with Crippen molar-refractivity contribution in [3.8, 4) is 11.1 Å². The number of aliphatic imine (C=N–C) groups is 1. The number of anilines is 1. The lowest BCUT2D eigenvalue weighted by atomic mass is 9.93. The van der Waals surface area contributed by atoms with Gasteiger partial charge in [-0.05, 0) is 37.9 Å². The van der Waals surface area contributed by atoms with E-state index in [1.807, 2.05) is 57.8 Å². The summed E-state index contributed by atoms with van der Waals surface area (Å²) in [6.07, 6.45) is 4.33. The molecule has 0 spiro atoms. The molecule has 6 heteroatoms. The Labute approximate surface area is 170 Å². The van der Waals surface area contributed by atoms with Gasteiger partial charge in [-0.3, -0.25) is 14.8 Å². The lowest BCUT2D eigenvalue weighted by Crippen LogP contribution is -2.30. The molecule has 1 amide bonds. The maximum Gasteiger partial charge on any atom is 0.251 e. The molecular weight excluding hydrogens is 362 g/mol. The summed E-state index contributed by atoms with van der Waals surface area (Å²) in [6.45, 7) is 1.65. The van der Waals surface area contributed by atoms with Gasteiger partial charge in [-0.25, -0.2) is 0 Å². The third-order valence-corrected chi connectivity index (χ3v) is 5.34. The lowest BCUT2D eigenvalue weighted by molar-refractivity contribution is 0.1000. The highest BCUT2D eigenvalue weighted by atomic mass is 16.1. The number of nitrogens with zero attached hydrogens (tertiary/aromatic N) is 4. The second-order valence-electron chi connectivity index (χ2n) is 7.67. The molecule has 1 aliphatic heterocycles. The van der Waals surface area contributed by atoms with E-state index in [1.54, 1.807) is 0 Å². The Morgan fingerprint density at radius 2 is 1.93 bits per heavy atom. The Morgan fingerprint density at radius 1 is 1.14 bits per heavy atom. The summed E-state index contributed by atoms with van der Waals surface area (Å²) in [5.41, 5.74) is 11.8. The average Bonchev–Trinajstić information content (AvgIpc) is 3.19. The Kier molecular flexibility index (Phi) is 5.03. The summed E-state index contributed by atoms with van der Waals surface area (Å²) < 4.78 is 0. The molecule has 1 aliphatic rings. The van der Waals surface area contributed by atoms with Crippen LogP contribution in [0.25, 0.3) is 22.0 Å². The number of benzene rings is 2. The molecule has 1 aromatic heterocycles. The van der Waals surface area contributed by atoms with Gasteiger partial charge >= 0.3 is 0 Å². The number of amides is 1. The van der Waals surface area contributed by atoms with Crippen molar-refractivity contribution in [1.82, 2.24) is 9.88 Å². The van der Waals surface area contributed by atoms with Gasteiger partial charge < -0.3 is 15.5 Å². The Balaban J connectivity index is 1.89. The molecule has 0 aliphatic carbocycles. The summed E-state index contributed by atoms with van der Waals surface area (Å²) >= 11 is 0. The second-order valence-corrected chi connectivity index (χ2v) is 7.67. The number of hydrogen-bond acceptors (Lipinski definition) is 5. The van der Waals surface area contributed by atoms with Crippen LogP contribution in [-0.4, -0.2) is 56.2 Å². The number of carbonyl (C=O) groups excluding carboxylic acids is 1. The van der Waals surface area contributed by atoms with Crippen molar-refractivity contribution in [1.29, 1.82) is 0 Å². The van der Waals surface area contributed by atoms with E-state index in [2.05, 4.69) is 31.9 Å². The van der Waals surface area contributed by atoms with Crippen molar-refractivity contribution >= 4 is 34.4 Å². The molecule has 29 heavy (non-hydrogen) atoms. The molecule has 0 bridgehead atoms. The van der Waals surface area contributed by atoms with Crippen LogP contribution in [0.15, 0.2) is 47.6 Å². The minimum atomic E-state index is -0.415. The predicted molar refractivity (Wildman–Crippen MR) is 119 cm³/mol. The first-order valence-corrected chi connectivity index (χ1v) is 9.69. The fourth-order valence-corrected chi connectivity index (χ4v) is 3.77. The molecule has 2 aromatic carbocycles. The Morgan fingerprint density at radius 3 is 2.69 bits per heavy atom. The van der Waals surface area contributed by atoms with E-state index in [1.165, 1.54) is 0 Å². The fourth-order valence-electron chi connectivity index (χ4n) is 3.77. The van der Waals surface area contributed by atoms with Crippen molar-refractivity contribution in [2.24, 2.45) is 10.7 Å².